The lowest BCUT2D eigenvalue weighted by molar-refractivity contribution is 0.0694. The molecule has 1 heterocycles. The van der Waals surface area contributed by atoms with Crippen LogP contribution in [0.2, 0.25) is 0 Å². The van der Waals surface area contributed by atoms with E-state index in [-0.39, 0.29) is 0 Å². The van der Waals surface area contributed by atoms with E-state index in [9.17, 15) is 9.90 Å². The van der Waals surface area contributed by atoms with Gasteiger partial charge < -0.3 is 15.0 Å². The third kappa shape index (κ3) is 4.06. The Hall–Kier alpha value is -2.07. The van der Waals surface area contributed by atoms with Crippen LogP contribution in [0.4, 0.5) is 0 Å². The normalized spacial score (nSPS) is 11.0. The minimum Gasteiger partial charge on any atom is -0.478 e. The van der Waals surface area contributed by atoms with Crippen molar-refractivity contribution in [1.29, 1.82) is 0 Å². The monoisotopic (exact) mass is 328 g/mol. The molecule has 0 atom stereocenters. The van der Waals surface area contributed by atoms with Gasteiger partial charge in [0.05, 0.1) is 5.56 Å². The van der Waals surface area contributed by atoms with Gasteiger partial charge in [0.25, 0.3) is 0 Å². The van der Waals surface area contributed by atoms with Gasteiger partial charge in [-0.3, -0.25) is 0 Å². The third-order valence-corrected chi connectivity index (χ3v) is 4.56. The molecule has 2 N–H and O–H groups in total. The zero-order valence-corrected chi connectivity index (χ0v) is 15.1. The number of aryl methyl sites for hydroxylation is 1. The molecule has 0 spiro atoms. The Morgan fingerprint density at radius 1 is 1.21 bits per heavy atom. The van der Waals surface area contributed by atoms with Crippen molar-refractivity contribution in [3.63, 3.8) is 0 Å². The molecule has 130 valence electrons. The minimum absolute atomic E-state index is 0.448. The summed E-state index contributed by atoms with van der Waals surface area (Å²) in [6.45, 7) is 10.4. The van der Waals surface area contributed by atoms with Crippen molar-refractivity contribution < 1.29 is 9.90 Å². The first-order valence-corrected chi connectivity index (χ1v) is 8.63. The fourth-order valence-electron chi connectivity index (χ4n) is 3.19. The number of unbranched alkanes of at least 4 members (excludes halogenated alkanes) is 1. The van der Waals surface area contributed by atoms with Gasteiger partial charge in [0, 0.05) is 30.0 Å². The lowest BCUT2D eigenvalue weighted by Gasteiger charge is -2.11. The number of benzene rings is 1. The summed E-state index contributed by atoms with van der Waals surface area (Å²) in [5.74, 6) is -0.842. The molecule has 0 saturated heterocycles. The molecule has 0 bridgehead atoms. The van der Waals surface area contributed by atoms with Crippen molar-refractivity contribution >= 4 is 5.97 Å². The van der Waals surface area contributed by atoms with E-state index in [0.29, 0.717) is 18.7 Å². The number of carbonyl (C=O) groups is 1. The van der Waals surface area contributed by atoms with Gasteiger partial charge in [0.2, 0.25) is 0 Å². The van der Waals surface area contributed by atoms with Crippen LogP contribution in [0, 0.1) is 20.8 Å². The van der Waals surface area contributed by atoms with Gasteiger partial charge in [-0.2, -0.15) is 0 Å². The van der Waals surface area contributed by atoms with Gasteiger partial charge in [-0.15, -0.1) is 0 Å². The molecule has 0 fully saturated rings. The Balaban J connectivity index is 2.32. The number of nitrogens with zero attached hydrogens (tertiary/aromatic N) is 1. The molecule has 1 aromatic carbocycles. The Morgan fingerprint density at radius 2 is 1.96 bits per heavy atom. The number of nitrogens with one attached hydrogen (secondary N) is 1. The molecule has 0 unspecified atom stereocenters. The number of hydrogen-bond acceptors (Lipinski definition) is 2. The Labute approximate surface area is 144 Å². The SMILES string of the molecule is CCCCNCc1c(C(=O)O)c(C)n(Cc2cccc(C)c2)c1C. The van der Waals surface area contributed by atoms with Crippen LogP contribution < -0.4 is 5.32 Å². The molecule has 0 saturated carbocycles. The first kappa shape index (κ1) is 18.3. The highest BCUT2D eigenvalue weighted by Crippen LogP contribution is 2.24. The van der Waals surface area contributed by atoms with Crippen molar-refractivity contribution in [2.45, 2.75) is 53.6 Å². The molecule has 4 nitrogen and oxygen atoms in total. The molecule has 0 radical (unpaired) electrons. The molecule has 1 aromatic heterocycles. The first-order chi connectivity index (χ1) is 11.5. The average molecular weight is 328 g/mol. The zero-order chi connectivity index (χ0) is 17.7. The molecule has 2 rings (SSSR count). The van der Waals surface area contributed by atoms with Crippen LogP contribution >= 0.6 is 0 Å². The molecule has 24 heavy (non-hydrogen) atoms. The summed E-state index contributed by atoms with van der Waals surface area (Å²) in [6, 6.07) is 8.36. The van der Waals surface area contributed by atoms with Gasteiger partial charge in [0.15, 0.2) is 0 Å². The van der Waals surface area contributed by atoms with Crippen LogP contribution in [0.25, 0.3) is 0 Å². The lowest BCUT2D eigenvalue weighted by atomic mass is 10.1. The second-order valence-electron chi connectivity index (χ2n) is 6.44. The van der Waals surface area contributed by atoms with E-state index in [1.807, 2.05) is 19.9 Å². The summed E-state index contributed by atoms with van der Waals surface area (Å²) in [6.07, 6.45) is 2.23. The first-order valence-electron chi connectivity index (χ1n) is 8.63. The summed E-state index contributed by atoms with van der Waals surface area (Å²) < 4.78 is 2.12. The van der Waals surface area contributed by atoms with Gasteiger partial charge >= 0.3 is 5.97 Å². The number of aromatic nitrogens is 1. The fraction of sp³-hybridized carbons (Fsp3) is 0.450. The van der Waals surface area contributed by atoms with Gasteiger partial charge in [-0.05, 0) is 39.3 Å². The number of carboxylic acids is 1. The van der Waals surface area contributed by atoms with E-state index < -0.39 is 5.97 Å². The largest absolute Gasteiger partial charge is 0.478 e. The molecular formula is C20H28N2O2. The third-order valence-electron chi connectivity index (χ3n) is 4.56. The zero-order valence-electron chi connectivity index (χ0n) is 15.1. The predicted molar refractivity (Wildman–Crippen MR) is 97.8 cm³/mol. The molecule has 0 aliphatic heterocycles. The van der Waals surface area contributed by atoms with Crippen LogP contribution in [0.5, 0.6) is 0 Å². The summed E-state index contributed by atoms with van der Waals surface area (Å²) in [4.78, 5) is 11.8. The van der Waals surface area contributed by atoms with E-state index in [1.165, 1.54) is 11.1 Å². The minimum atomic E-state index is -0.842. The van der Waals surface area contributed by atoms with Crippen LogP contribution in [-0.4, -0.2) is 22.2 Å². The second kappa shape index (κ2) is 8.15. The van der Waals surface area contributed by atoms with Gasteiger partial charge in [-0.25, -0.2) is 4.79 Å². The molecule has 0 amide bonds. The smallest absolute Gasteiger partial charge is 0.337 e. The van der Waals surface area contributed by atoms with E-state index in [0.717, 1.165) is 36.3 Å². The van der Waals surface area contributed by atoms with E-state index in [4.69, 9.17) is 0 Å². The molecule has 0 aliphatic rings. The Bertz CT molecular complexity index is 717. The summed E-state index contributed by atoms with van der Waals surface area (Å²) in [5.41, 5.74) is 5.63. The summed E-state index contributed by atoms with van der Waals surface area (Å²) in [5, 5.41) is 13.0. The van der Waals surface area contributed by atoms with Crippen LogP contribution in [0.1, 0.15) is 58.2 Å². The van der Waals surface area contributed by atoms with Crippen molar-refractivity contribution in [2.24, 2.45) is 0 Å². The van der Waals surface area contributed by atoms with Crippen LogP contribution in [-0.2, 0) is 13.1 Å². The van der Waals surface area contributed by atoms with Gasteiger partial charge in [0.1, 0.15) is 0 Å². The maximum atomic E-state index is 11.8. The predicted octanol–water partition coefficient (Wildman–Crippen LogP) is 4.05. The van der Waals surface area contributed by atoms with Crippen molar-refractivity contribution in [3.05, 3.63) is 57.9 Å². The average Bonchev–Trinajstić information content (AvgIpc) is 2.76. The van der Waals surface area contributed by atoms with E-state index >= 15 is 0 Å². The van der Waals surface area contributed by atoms with E-state index in [2.05, 4.69) is 41.9 Å². The van der Waals surface area contributed by atoms with Crippen LogP contribution in [0.15, 0.2) is 24.3 Å². The van der Waals surface area contributed by atoms with E-state index in [1.54, 1.807) is 0 Å². The number of hydrogen-bond donors (Lipinski definition) is 2. The fourth-order valence-corrected chi connectivity index (χ4v) is 3.19. The standard InChI is InChI=1S/C20H28N2O2/c1-5-6-10-21-12-18-15(3)22(16(4)19(18)20(23)24)13-17-9-7-8-14(2)11-17/h7-9,11,21H,5-6,10,12-13H2,1-4H3,(H,23,24). The summed E-state index contributed by atoms with van der Waals surface area (Å²) >= 11 is 0. The maximum absolute atomic E-state index is 11.8. The van der Waals surface area contributed by atoms with Crippen molar-refractivity contribution in [1.82, 2.24) is 9.88 Å². The number of aromatic carboxylic acids is 1. The highest BCUT2D eigenvalue weighted by atomic mass is 16.4. The number of carboxylic acid groups (broad SMARTS) is 1. The maximum Gasteiger partial charge on any atom is 0.337 e. The highest BCUT2D eigenvalue weighted by molar-refractivity contribution is 5.91. The molecule has 4 heteroatoms. The van der Waals surface area contributed by atoms with Gasteiger partial charge in [-0.1, -0.05) is 43.2 Å². The number of rotatable bonds is 8. The summed E-state index contributed by atoms with van der Waals surface area (Å²) in [7, 11) is 0. The Kier molecular flexibility index (Phi) is 6.21. The molecule has 2 aromatic rings. The lowest BCUT2D eigenvalue weighted by Crippen LogP contribution is -2.17. The highest BCUT2D eigenvalue weighted by Gasteiger charge is 2.22. The van der Waals surface area contributed by atoms with Crippen LogP contribution in [0.3, 0.4) is 0 Å². The van der Waals surface area contributed by atoms with Crippen molar-refractivity contribution in [2.75, 3.05) is 6.54 Å². The quantitative estimate of drug-likeness (QED) is 0.719. The topological polar surface area (TPSA) is 54.3 Å². The Morgan fingerprint density at radius 3 is 2.58 bits per heavy atom. The van der Waals surface area contributed by atoms with Crippen molar-refractivity contribution in [3.8, 4) is 0 Å². The second-order valence-corrected chi connectivity index (χ2v) is 6.44. The molecular weight excluding hydrogens is 300 g/mol. The molecule has 0 aliphatic carbocycles.